The second-order valence-electron chi connectivity index (χ2n) is 5.50. The average molecular weight is 400 g/mol. The Morgan fingerprint density at radius 3 is 2.92 bits per heavy atom. The van der Waals surface area contributed by atoms with E-state index < -0.39 is 0 Å². The van der Waals surface area contributed by atoms with E-state index in [2.05, 4.69) is 15.9 Å². The number of anilines is 2. The molecule has 3 rings (SSSR count). The van der Waals surface area contributed by atoms with Crippen LogP contribution >= 0.6 is 15.9 Å². The minimum Gasteiger partial charge on any atom is -0.482 e. The standard InChI is InChI=1S/C18H14BrN3O3/c1-21(14-4-2-3-12(7-14)9-20)17(23)10-22-15-6-5-13(19)8-16(15)25-11-18(22)24/h2-8H,10-11H2,1H3. The van der Waals surface area contributed by atoms with Crippen LogP contribution in [0, 0.1) is 11.3 Å². The number of hydrogen-bond donors (Lipinski definition) is 0. The highest BCUT2D eigenvalue weighted by molar-refractivity contribution is 9.10. The molecule has 0 radical (unpaired) electrons. The summed E-state index contributed by atoms with van der Waals surface area (Å²) in [4.78, 5) is 27.7. The van der Waals surface area contributed by atoms with E-state index in [0.29, 0.717) is 22.7 Å². The summed E-state index contributed by atoms with van der Waals surface area (Å²) in [5.41, 5.74) is 1.63. The molecule has 0 aromatic heterocycles. The molecule has 6 nitrogen and oxygen atoms in total. The van der Waals surface area contributed by atoms with Crippen molar-refractivity contribution in [2.75, 3.05) is 30.0 Å². The summed E-state index contributed by atoms with van der Waals surface area (Å²) >= 11 is 3.36. The van der Waals surface area contributed by atoms with Gasteiger partial charge in [0.2, 0.25) is 5.91 Å². The van der Waals surface area contributed by atoms with Gasteiger partial charge < -0.3 is 9.64 Å². The minimum absolute atomic E-state index is 0.107. The maximum atomic E-state index is 12.6. The molecule has 0 atom stereocenters. The van der Waals surface area contributed by atoms with E-state index in [9.17, 15) is 9.59 Å². The van der Waals surface area contributed by atoms with Crippen molar-refractivity contribution in [1.29, 1.82) is 5.26 Å². The van der Waals surface area contributed by atoms with Crippen LogP contribution in [0.2, 0.25) is 0 Å². The van der Waals surface area contributed by atoms with Gasteiger partial charge >= 0.3 is 0 Å². The van der Waals surface area contributed by atoms with Gasteiger partial charge in [-0.1, -0.05) is 22.0 Å². The lowest BCUT2D eigenvalue weighted by atomic mass is 10.2. The number of ether oxygens (including phenoxy) is 1. The molecule has 0 N–H and O–H groups in total. The van der Waals surface area contributed by atoms with Crippen molar-refractivity contribution in [2.24, 2.45) is 0 Å². The molecular weight excluding hydrogens is 386 g/mol. The number of carbonyl (C=O) groups is 2. The topological polar surface area (TPSA) is 73.6 Å². The summed E-state index contributed by atoms with van der Waals surface area (Å²) in [6, 6.07) is 14.1. The van der Waals surface area contributed by atoms with Gasteiger partial charge in [-0.2, -0.15) is 5.26 Å². The van der Waals surface area contributed by atoms with Gasteiger partial charge in [-0.3, -0.25) is 14.5 Å². The van der Waals surface area contributed by atoms with Crippen LogP contribution in [0.3, 0.4) is 0 Å². The molecule has 25 heavy (non-hydrogen) atoms. The van der Waals surface area contributed by atoms with Crippen LogP contribution in [-0.2, 0) is 9.59 Å². The first-order valence-electron chi connectivity index (χ1n) is 7.49. The number of nitrogens with zero attached hydrogens (tertiary/aromatic N) is 3. The lowest BCUT2D eigenvalue weighted by Crippen LogP contribution is -2.45. The normalized spacial score (nSPS) is 12.8. The van der Waals surface area contributed by atoms with Crippen molar-refractivity contribution in [2.45, 2.75) is 0 Å². The summed E-state index contributed by atoms with van der Waals surface area (Å²) in [5, 5.41) is 8.99. The zero-order valence-electron chi connectivity index (χ0n) is 13.4. The Morgan fingerprint density at radius 1 is 1.36 bits per heavy atom. The summed E-state index contributed by atoms with van der Waals surface area (Å²) in [6.07, 6.45) is 0. The van der Waals surface area contributed by atoms with Crippen LogP contribution in [0.25, 0.3) is 0 Å². The molecule has 1 heterocycles. The van der Waals surface area contributed by atoms with Gasteiger partial charge in [0.15, 0.2) is 6.61 Å². The van der Waals surface area contributed by atoms with E-state index in [0.717, 1.165) is 4.47 Å². The molecule has 0 unspecified atom stereocenters. The molecule has 0 spiro atoms. The highest BCUT2D eigenvalue weighted by Gasteiger charge is 2.28. The van der Waals surface area contributed by atoms with Crippen molar-refractivity contribution >= 4 is 39.1 Å². The van der Waals surface area contributed by atoms with Crippen LogP contribution < -0.4 is 14.5 Å². The van der Waals surface area contributed by atoms with Gasteiger partial charge in [0.1, 0.15) is 12.3 Å². The van der Waals surface area contributed by atoms with E-state index >= 15 is 0 Å². The van der Waals surface area contributed by atoms with E-state index in [4.69, 9.17) is 10.00 Å². The number of nitriles is 1. The third-order valence-corrected chi connectivity index (χ3v) is 4.39. The highest BCUT2D eigenvalue weighted by atomic mass is 79.9. The summed E-state index contributed by atoms with van der Waals surface area (Å²) in [5.74, 6) is 0.0115. The Kier molecular flexibility index (Phi) is 4.72. The number of benzene rings is 2. The second kappa shape index (κ2) is 6.95. The number of halogens is 1. The maximum absolute atomic E-state index is 12.6. The quantitative estimate of drug-likeness (QED) is 0.794. The third-order valence-electron chi connectivity index (χ3n) is 3.89. The van der Waals surface area contributed by atoms with E-state index in [-0.39, 0.29) is 25.0 Å². The van der Waals surface area contributed by atoms with E-state index in [1.165, 1.54) is 9.80 Å². The molecule has 0 saturated carbocycles. The molecule has 0 aliphatic carbocycles. The van der Waals surface area contributed by atoms with Crippen LogP contribution in [-0.4, -0.2) is 32.0 Å². The highest BCUT2D eigenvalue weighted by Crippen LogP contribution is 2.34. The van der Waals surface area contributed by atoms with Crippen molar-refractivity contribution in [3.8, 4) is 11.8 Å². The number of fused-ring (bicyclic) bond motifs is 1. The molecule has 1 aliphatic heterocycles. The predicted molar refractivity (Wildman–Crippen MR) is 96.6 cm³/mol. The number of carbonyl (C=O) groups excluding carboxylic acids is 2. The zero-order valence-corrected chi connectivity index (χ0v) is 15.0. The van der Waals surface area contributed by atoms with E-state index in [1.54, 1.807) is 49.5 Å². The van der Waals surface area contributed by atoms with Crippen LogP contribution in [0.15, 0.2) is 46.9 Å². The Morgan fingerprint density at radius 2 is 2.16 bits per heavy atom. The molecule has 2 aromatic rings. The van der Waals surface area contributed by atoms with Crippen molar-refractivity contribution in [1.82, 2.24) is 0 Å². The third kappa shape index (κ3) is 3.49. The number of rotatable bonds is 3. The average Bonchev–Trinajstić information content (AvgIpc) is 2.63. The molecule has 0 bridgehead atoms. The number of amides is 2. The molecule has 126 valence electrons. The number of hydrogen-bond acceptors (Lipinski definition) is 4. The predicted octanol–water partition coefficient (Wildman–Crippen LogP) is 2.71. The first-order chi connectivity index (χ1) is 12.0. The Labute approximate surface area is 153 Å². The van der Waals surface area contributed by atoms with E-state index in [1.807, 2.05) is 6.07 Å². The van der Waals surface area contributed by atoms with Gasteiger partial charge in [-0.15, -0.1) is 0 Å². The van der Waals surface area contributed by atoms with Crippen LogP contribution in [0.5, 0.6) is 5.75 Å². The maximum Gasteiger partial charge on any atom is 0.265 e. The van der Waals surface area contributed by atoms with Crippen molar-refractivity contribution in [3.63, 3.8) is 0 Å². The number of likely N-dealkylation sites (N-methyl/N-ethyl adjacent to an activating group) is 1. The van der Waals surface area contributed by atoms with Crippen LogP contribution in [0.1, 0.15) is 5.56 Å². The fraction of sp³-hybridized carbons (Fsp3) is 0.167. The van der Waals surface area contributed by atoms with Gasteiger partial charge in [-0.25, -0.2) is 0 Å². The summed E-state index contributed by atoms with van der Waals surface area (Å²) in [7, 11) is 1.62. The molecular formula is C18H14BrN3O3. The first-order valence-corrected chi connectivity index (χ1v) is 8.28. The largest absolute Gasteiger partial charge is 0.482 e. The van der Waals surface area contributed by atoms with Crippen molar-refractivity contribution in [3.05, 3.63) is 52.5 Å². The van der Waals surface area contributed by atoms with Gasteiger partial charge in [0.25, 0.3) is 5.91 Å². The SMILES string of the molecule is CN(C(=O)CN1C(=O)COc2cc(Br)ccc21)c1cccc(C#N)c1. The Hall–Kier alpha value is -2.85. The Bertz CT molecular complexity index is 891. The second-order valence-corrected chi connectivity index (χ2v) is 6.41. The summed E-state index contributed by atoms with van der Waals surface area (Å²) in [6.45, 7) is -0.214. The van der Waals surface area contributed by atoms with Gasteiger partial charge in [0, 0.05) is 17.2 Å². The van der Waals surface area contributed by atoms with Crippen LogP contribution in [0.4, 0.5) is 11.4 Å². The fourth-order valence-electron chi connectivity index (χ4n) is 2.52. The first kappa shape index (κ1) is 17.0. The van der Waals surface area contributed by atoms with Crippen molar-refractivity contribution < 1.29 is 14.3 Å². The molecule has 2 aromatic carbocycles. The minimum atomic E-state index is -0.276. The molecule has 7 heteroatoms. The molecule has 0 saturated heterocycles. The molecule has 2 amide bonds. The molecule has 1 aliphatic rings. The van der Waals surface area contributed by atoms with Gasteiger partial charge in [0.05, 0.1) is 17.3 Å². The molecule has 0 fully saturated rings. The smallest absolute Gasteiger partial charge is 0.265 e. The fourth-order valence-corrected chi connectivity index (χ4v) is 2.86. The monoisotopic (exact) mass is 399 g/mol. The summed E-state index contributed by atoms with van der Waals surface area (Å²) < 4.78 is 6.25. The zero-order chi connectivity index (χ0) is 18.0. The lowest BCUT2D eigenvalue weighted by molar-refractivity contribution is -0.124. The van der Waals surface area contributed by atoms with Gasteiger partial charge in [-0.05, 0) is 36.4 Å². The Balaban J connectivity index is 1.83. The lowest BCUT2D eigenvalue weighted by Gasteiger charge is -2.30.